The fourth-order valence-electron chi connectivity index (χ4n) is 4.96. The SMILES string of the molecule is CO[C@@H]1CCC[C@@]12CCCN(C(=O)CSc1cn(C)c3ccccc13)C2. The maximum atomic E-state index is 12.9. The fourth-order valence-corrected chi connectivity index (χ4v) is 5.99. The number of likely N-dealkylation sites (tertiary alicyclic amines) is 1. The summed E-state index contributed by atoms with van der Waals surface area (Å²) < 4.78 is 7.91. The van der Waals surface area contributed by atoms with Crippen molar-refractivity contribution < 1.29 is 9.53 Å². The molecular weight excluding hydrogens is 344 g/mol. The Bertz CT molecular complexity index is 802. The van der Waals surface area contributed by atoms with Crippen LogP contribution in [0.5, 0.6) is 0 Å². The maximum absolute atomic E-state index is 12.9. The van der Waals surface area contributed by atoms with Gasteiger partial charge in [-0.05, 0) is 31.7 Å². The summed E-state index contributed by atoms with van der Waals surface area (Å²) in [5.74, 6) is 0.783. The highest BCUT2D eigenvalue weighted by molar-refractivity contribution is 8.00. The Morgan fingerprint density at radius 1 is 1.31 bits per heavy atom. The lowest BCUT2D eigenvalue weighted by atomic mass is 9.76. The zero-order chi connectivity index (χ0) is 18.1. The van der Waals surface area contributed by atoms with E-state index < -0.39 is 0 Å². The zero-order valence-corrected chi connectivity index (χ0v) is 16.6. The van der Waals surface area contributed by atoms with Crippen molar-refractivity contribution in [1.29, 1.82) is 0 Å². The number of methoxy groups -OCH3 is 1. The number of aromatic nitrogens is 1. The van der Waals surface area contributed by atoms with E-state index in [2.05, 4.69) is 47.0 Å². The Hall–Kier alpha value is -1.46. The highest BCUT2D eigenvalue weighted by Gasteiger charge is 2.46. The largest absolute Gasteiger partial charge is 0.381 e. The summed E-state index contributed by atoms with van der Waals surface area (Å²) in [6.07, 6.45) is 8.33. The summed E-state index contributed by atoms with van der Waals surface area (Å²) in [7, 11) is 3.89. The number of hydrogen-bond donors (Lipinski definition) is 0. The van der Waals surface area contributed by atoms with Gasteiger partial charge in [0.2, 0.25) is 5.91 Å². The van der Waals surface area contributed by atoms with Crippen molar-refractivity contribution in [2.24, 2.45) is 12.5 Å². The van der Waals surface area contributed by atoms with Gasteiger partial charge < -0.3 is 14.2 Å². The van der Waals surface area contributed by atoms with Crippen molar-refractivity contribution in [3.05, 3.63) is 30.5 Å². The summed E-state index contributed by atoms with van der Waals surface area (Å²) in [5.41, 5.74) is 1.42. The van der Waals surface area contributed by atoms with Crippen molar-refractivity contribution in [2.75, 3.05) is 26.0 Å². The van der Waals surface area contributed by atoms with Gasteiger partial charge in [0.25, 0.3) is 0 Å². The highest BCUT2D eigenvalue weighted by Crippen LogP contribution is 2.46. The molecule has 4 nitrogen and oxygen atoms in total. The number of carbonyl (C=O) groups excluding carboxylic acids is 1. The standard InChI is InChI=1S/C21H28N2O2S/c1-22-13-18(16-7-3-4-8-17(16)22)26-14-20(24)23-12-6-11-21(15-23)10-5-9-19(21)25-2/h3-4,7-8,13,19H,5-6,9-12,14-15H2,1-2H3/t19-,21+/m1/s1. The number of fused-ring (bicyclic) bond motifs is 1. The monoisotopic (exact) mass is 372 g/mol. The molecular formula is C21H28N2O2S. The minimum atomic E-state index is 0.201. The number of amides is 1. The molecule has 1 aromatic heterocycles. The van der Waals surface area contributed by atoms with E-state index in [-0.39, 0.29) is 11.3 Å². The van der Waals surface area contributed by atoms with Crippen molar-refractivity contribution in [3.63, 3.8) is 0 Å². The van der Waals surface area contributed by atoms with Gasteiger partial charge in [-0.3, -0.25) is 4.79 Å². The molecule has 0 radical (unpaired) electrons. The van der Waals surface area contributed by atoms with E-state index in [4.69, 9.17) is 4.74 Å². The predicted molar refractivity (Wildman–Crippen MR) is 107 cm³/mol. The van der Waals surface area contributed by atoms with Crippen LogP contribution in [0.1, 0.15) is 32.1 Å². The van der Waals surface area contributed by atoms with Crippen LogP contribution in [0.25, 0.3) is 10.9 Å². The van der Waals surface area contributed by atoms with Gasteiger partial charge in [-0.2, -0.15) is 0 Å². The second-order valence-electron chi connectivity index (χ2n) is 7.81. The fraction of sp³-hybridized carbons (Fsp3) is 0.571. The van der Waals surface area contributed by atoms with Gasteiger partial charge in [0.15, 0.2) is 0 Å². The number of rotatable bonds is 4. The van der Waals surface area contributed by atoms with Crippen LogP contribution in [0, 0.1) is 5.41 Å². The van der Waals surface area contributed by atoms with E-state index in [1.54, 1.807) is 11.8 Å². The number of carbonyl (C=O) groups is 1. The number of benzene rings is 1. The quantitative estimate of drug-likeness (QED) is 0.759. The molecule has 2 aliphatic rings. The van der Waals surface area contributed by atoms with Crippen LogP contribution < -0.4 is 0 Å². The molecule has 4 rings (SSSR count). The number of aryl methyl sites for hydroxylation is 1. The molecule has 2 fully saturated rings. The molecule has 5 heteroatoms. The van der Waals surface area contributed by atoms with Gasteiger partial charge in [-0.25, -0.2) is 0 Å². The Labute approximate surface area is 159 Å². The lowest BCUT2D eigenvalue weighted by Crippen LogP contribution is -2.50. The van der Waals surface area contributed by atoms with Crippen molar-refractivity contribution in [2.45, 2.75) is 43.1 Å². The minimum absolute atomic E-state index is 0.201. The van der Waals surface area contributed by atoms with E-state index in [1.807, 2.05) is 7.11 Å². The van der Waals surface area contributed by atoms with Crippen LogP contribution in [0.2, 0.25) is 0 Å². The molecule has 2 heterocycles. The van der Waals surface area contributed by atoms with E-state index in [1.165, 1.54) is 35.1 Å². The molecule has 1 aliphatic carbocycles. The molecule has 1 amide bonds. The average Bonchev–Trinajstić information content (AvgIpc) is 3.20. The molecule has 2 atom stereocenters. The Kier molecular flexibility index (Phi) is 5.02. The lowest BCUT2D eigenvalue weighted by molar-refractivity contribution is -0.134. The summed E-state index contributed by atoms with van der Waals surface area (Å²) in [6.45, 7) is 1.77. The molecule has 1 spiro atoms. The van der Waals surface area contributed by atoms with Crippen LogP contribution in [0.4, 0.5) is 0 Å². The van der Waals surface area contributed by atoms with Gasteiger partial charge in [0.1, 0.15) is 0 Å². The van der Waals surface area contributed by atoms with Crippen molar-refractivity contribution in [3.8, 4) is 0 Å². The molecule has 0 N–H and O–H groups in total. The average molecular weight is 373 g/mol. The van der Waals surface area contributed by atoms with E-state index in [0.29, 0.717) is 11.9 Å². The Morgan fingerprint density at radius 3 is 2.96 bits per heavy atom. The third kappa shape index (κ3) is 3.16. The van der Waals surface area contributed by atoms with Crippen molar-refractivity contribution >= 4 is 28.6 Å². The molecule has 2 aromatic rings. The molecule has 1 aliphatic heterocycles. The normalized spacial score (nSPS) is 26.1. The third-order valence-electron chi connectivity index (χ3n) is 6.28. The van der Waals surface area contributed by atoms with Crippen LogP contribution in [0.15, 0.2) is 35.4 Å². The zero-order valence-electron chi connectivity index (χ0n) is 15.7. The number of hydrogen-bond acceptors (Lipinski definition) is 3. The second kappa shape index (κ2) is 7.28. The molecule has 140 valence electrons. The number of ether oxygens (including phenoxy) is 1. The Morgan fingerprint density at radius 2 is 2.12 bits per heavy atom. The molecule has 1 saturated heterocycles. The maximum Gasteiger partial charge on any atom is 0.232 e. The summed E-state index contributed by atoms with van der Waals surface area (Å²) in [5, 5.41) is 1.23. The van der Waals surface area contributed by atoms with Gasteiger partial charge in [-0.1, -0.05) is 24.6 Å². The summed E-state index contributed by atoms with van der Waals surface area (Å²) in [6, 6.07) is 8.39. The Balaban J connectivity index is 1.43. The number of piperidine rings is 1. The molecule has 0 bridgehead atoms. The number of para-hydroxylation sites is 1. The predicted octanol–water partition coefficient (Wildman–Crippen LogP) is 4.08. The van der Waals surface area contributed by atoms with Crippen LogP contribution in [-0.4, -0.2) is 47.4 Å². The van der Waals surface area contributed by atoms with Crippen LogP contribution in [-0.2, 0) is 16.6 Å². The lowest BCUT2D eigenvalue weighted by Gasteiger charge is -2.43. The molecule has 1 saturated carbocycles. The molecule has 0 unspecified atom stereocenters. The third-order valence-corrected chi connectivity index (χ3v) is 7.31. The van der Waals surface area contributed by atoms with Crippen LogP contribution in [0.3, 0.4) is 0 Å². The molecule has 26 heavy (non-hydrogen) atoms. The first kappa shape index (κ1) is 17.9. The van der Waals surface area contributed by atoms with Crippen LogP contribution >= 0.6 is 11.8 Å². The highest BCUT2D eigenvalue weighted by atomic mass is 32.2. The number of nitrogens with zero attached hydrogens (tertiary/aromatic N) is 2. The first-order valence-electron chi connectivity index (χ1n) is 9.60. The summed E-state index contributed by atoms with van der Waals surface area (Å²) in [4.78, 5) is 16.2. The molecule has 1 aromatic carbocycles. The first-order chi connectivity index (χ1) is 12.6. The van der Waals surface area contributed by atoms with Gasteiger partial charge in [0.05, 0.1) is 11.9 Å². The second-order valence-corrected chi connectivity index (χ2v) is 8.83. The topological polar surface area (TPSA) is 34.5 Å². The smallest absolute Gasteiger partial charge is 0.232 e. The van der Waals surface area contributed by atoms with E-state index in [0.717, 1.165) is 25.9 Å². The van der Waals surface area contributed by atoms with Gasteiger partial charge >= 0.3 is 0 Å². The van der Waals surface area contributed by atoms with E-state index in [9.17, 15) is 4.79 Å². The van der Waals surface area contributed by atoms with E-state index >= 15 is 0 Å². The number of thioether (sulfide) groups is 1. The van der Waals surface area contributed by atoms with Crippen molar-refractivity contribution in [1.82, 2.24) is 9.47 Å². The minimum Gasteiger partial charge on any atom is -0.381 e. The first-order valence-corrected chi connectivity index (χ1v) is 10.6. The van der Waals surface area contributed by atoms with Gasteiger partial charge in [-0.15, -0.1) is 11.8 Å². The summed E-state index contributed by atoms with van der Waals surface area (Å²) >= 11 is 1.67. The van der Waals surface area contributed by atoms with Gasteiger partial charge in [0, 0.05) is 54.7 Å².